The summed E-state index contributed by atoms with van der Waals surface area (Å²) in [6, 6.07) is 0. The minimum absolute atomic E-state index is 0.0277. The first kappa shape index (κ1) is 17.9. The monoisotopic (exact) mass is 299 g/mol. The van der Waals surface area contributed by atoms with Crippen molar-refractivity contribution in [2.75, 3.05) is 6.54 Å². The van der Waals surface area contributed by atoms with E-state index in [4.69, 9.17) is 4.74 Å². The quantitative estimate of drug-likeness (QED) is 0.439. The average Bonchev–Trinajstić information content (AvgIpc) is 2.20. The second kappa shape index (κ2) is 6.75. The molecular formula is C16H29NO4. The van der Waals surface area contributed by atoms with E-state index in [0.717, 1.165) is 19.3 Å². The van der Waals surface area contributed by atoms with Crippen LogP contribution in [0.3, 0.4) is 0 Å². The molecule has 5 heteroatoms. The normalized spacial score (nSPS) is 25.4. The van der Waals surface area contributed by atoms with Crippen LogP contribution in [0.25, 0.3) is 0 Å². The van der Waals surface area contributed by atoms with E-state index in [0.29, 0.717) is 18.8 Å². The van der Waals surface area contributed by atoms with Gasteiger partial charge in [-0.05, 0) is 57.3 Å². The zero-order chi connectivity index (χ0) is 16.3. The number of rotatable bonds is 5. The van der Waals surface area contributed by atoms with Crippen LogP contribution in [0.4, 0.5) is 0 Å². The molecule has 0 bridgehead atoms. The molecule has 1 fully saturated rings. The number of nitrogens with zero attached hydrogens (tertiary/aromatic N) is 1. The van der Waals surface area contributed by atoms with Crippen molar-refractivity contribution in [3.05, 3.63) is 10.1 Å². The molecule has 1 aliphatic rings. The van der Waals surface area contributed by atoms with E-state index in [-0.39, 0.29) is 28.8 Å². The number of carbonyl (C=O) groups excluding carboxylic acids is 1. The van der Waals surface area contributed by atoms with Crippen molar-refractivity contribution in [2.45, 2.75) is 72.3 Å². The highest BCUT2D eigenvalue weighted by atomic mass is 16.6. The molecular weight excluding hydrogens is 270 g/mol. The van der Waals surface area contributed by atoms with Gasteiger partial charge in [-0.2, -0.15) is 0 Å². The lowest BCUT2D eigenvalue weighted by molar-refractivity contribution is -0.481. The van der Waals surface area contributed by atoms with E-state index >= 15 is 0 Å². The summed E-state index contributed by atoms with van der Waals surface area (Å²) in [5.74, 6) is 0.463. The lowest BCUT2D eigenvalue weighted by Gasteiger charge is -2.40. The zero-order valence-electron chi connectivity index (χ0n) is 14.0. The van der Waals surface area contributed by atoms with Crippen molar-refractivity contribution in [1.82, 2.24) is 0 Å². The first-order chi connectivity index (χ1) is 9.47. The second-order valence-corrected chi connectivity index (χ2v) is 8.18. The van der Waals surface area contributed by atoms with Gasteiger partial charge < -0.3 is 4.74 Å². The molecule has 0 aliphatic heterocycles. The summed E-state index contributed by atoms with van der Waals surface area (Å²) in [4.78, 5) is 22.3. The van der Waals surface area contributed by atoms with Crippen LogP contribution in [-0.4, -0.2) is 23.0 Å². The predicted molar refractivity (Wildman–Crippen MR) is 81.6 cm³/mol. The molecule has 21 heavy (non-hydrogen) atoms. The van der Waals surface area contributed by atoms with Gasteiger partial charge in [-0.15, -0.1) is 0 Å². The summed E-state index contributed by atoms with van der Waals surface area (Å²) in [7, 11) is 0. The predicted octanol–water partition coefficient (Wildman–Crippen LogP) is 3.83. The van der Waals surface area contributed by atoms with Crippen molar-refractivity contribution < 1.29 is 14.5 Å². The first-order valence-electron chi connectivity index (χ1n) is 7.80. The molecule has 5 nitrogen and oxygen atoms in total. The molecule has 1 rings (SSSR count). The van der Waals surface area contributed by atoms with Crippen molar-refractivity contribution >= 4 is 5.97 Å². The Morgan fingerprint density at radius 3 is 2.38 bits per heavy atom. The lowest BCUT2D eigenvalue weighted by atomic mass is 9.66. The summed E-state index contributed by atoms with van der Waals surface area (Å²) < 4.78 is 5.39. The minimum atomic E-state index is -0.452. The molecule has 0 spiro atoms. The van der Waals surface area contributed by atoms with Crippen LogP contribution in [0.1, 0.15) is 66.7 Å². The number of ether oxygens (including phenoxy) is 1. The third-order valence-corrected chi connectivity index (χ3v) is 3.94. The Kier molecular flexibility index (Phi) is 5.76. The highest BCUT2D eigenvalue weighted by Crippen LogP contribution is 2.44. The van der Waals surface area contributed by atoms with Crippen molar-refractivity contribution in [2.24, 2.45) is 17.3 Å². The number of nitro groups is 1. The van der Waals surface area contributed by atoms with Gasteiger partial charge in [0, 0.05) is 17.8 Å². The fraction of sp³-hybridized carbons (Fsp3) is 0.938. The topological polar surface area (TPSA) is 69.4 Å². The summed E-state index contributed by atoms with van der Waals surface area (Å²) in [6.45, 7) is 10.0. The molecule has 0 saturated heterocycles. The van der Waals surface area contributed by atoms with Crippen LogP contribution >= 0.6 is 0 Å². The Morgan fingerprint density at radius 1 is 1.29 bits per heavy atom. The molecule has 0 heterocycles. The second-order valence-electron chi connectivity index (χ2n) is 8.18. The van der Waals surface area contributed by atoms with E-state index in [2.05, 4.69) is 13.8 Å². The summed E-state index contributed by atoms with van der Waals surface area (Å²) in [5, 5.41) is 10.6. The molecule has 0 aromatic rings. The molecule has 0 amide bonds. The van der Waals surface area contributed by atoms with Gasteiger partial charge in [0.15, 0.2) is 0 Å². The fourth-order valence-electron chi connectivity index (χ4n) is 3.57. The van der Waals surface area contributed by atoms with Gasteiger partial charge in [0.25, 0.3) is 0 Å². The number of hydrogen-bond acceptors (Lipinski definition) is 4. The van der Waals surface area contributed by atoms with Crippen LogP contribution in [-0.2, 0) is 9.53 Å². The molecule has 1 saturated carbocycles. The zero-order valence-corrected chi connectivity index (χ0v) is 14.0. The number of esters is 1. The molecule has 0 radical (unpaired) electrons. The van der Waals surface area contributed by atoms with Crippen molar-refractivity contribution in [3.63, 3.8) is 0 Å². The lowest BCUT2D eigenvalue weighted by Crippen LogP contribution is -2.32. The van der Waals surface area contributed by atoms with Crippen LogP contribution in [0.2, 0.25) is 0 Å². The largest absolute Gasteiger partial charge is 0.460 e. The van der Waals surface area contributed by atoms with E-state index in [1.165, 1.54) is 0 Å². The molecule has 0 N–H and O–H groups in total. The Hall–Kier alpha value is -1.13. The summed E-state index contributed by atoms with van der Waals surface area (Å²) in [5.41, 5.74) is -0.307. The molecule has 0 unspecified atom stereocenters. The van der Waals surface area contributed by atoms with E-state index in [9.17, 15) is 14.9 Å². The number of hydrogen-bond donors (Lipinski definition) is 0. The molecule has 1 aliphatic carbocycles. The number of carbonyl (C=O) groups is 1. The summed E-state index contributed by atoms with van der Waals surface area (Å²) >= 11 is 0. The van der Waals surface area contributed by atoms with Gasteiger partial charge in [-0.3, -0.25) is 14.9 Å². The third kappa shape index (κ3) is 7.44. The molecule has 0 aromatic carbocycles. The fourth-order valence-corrected chi connectivity index (χ4v) is 3.57. The third-order valence-electron chi connectivity index (χ3n) is 3.94. The smallest absolute Gasteiger partial charge is 0.306 e. The molecule has 122 valence electrons. The average molecular weight is 299 g/mol. The van der Waals surface area contributed by atoms with Gasteiger partial charge in [0.2, 0.25) is 6.54 Å². The Bertz CT molecular complexity index is 384. The van der Waals surface area contributed by atoms with Crippen molar-refractivity contribution in [1.29, 1.82) is 0 Å². The minimum Gasteiger partial charge on any atom is -0.460 e. The van der Waals surface area contributed by atoms with Crippen molar-refractivity contribution in [3.8, 4) is 0 Å². The van der Waals surface area contributed by atoms with E-state index in [1.54, 1.807) is 0 Å². The maximum atomic E-state index is 12.0. The van der Waals surface area contributed by atoms with Crippen LogP contribution < -0.4 is 0 Å². The van der Waals surface area contributed by atoms with E-state index in [1.807, 2.05) is 20.8 Å². The first-order valence-corrected chi connectivity index (χ1v) is 7.80. The molecule has 2 atom stereocenters. The highest BCUT2D eigenvalue weighted by molar-refractivity contribution is 5.70. The Morgan fingerprint density at radius 2 is 1.86 bits per heavy atom. The van der Waals surface area contributed by atoms with Crippen LogP contribution in [0, 0.1) is 27.4 Å². The van der Waals surface area contributed by atoms with Gasteiger partial charge in [0.1, 0.15) is 5.60 Å². The van der Waals surface area contributed by atoms with Gasteiger partial charge >= 0.3 is 5.97 Å². The van der Waals surface area contributed by atoms with Gasteiger partial charge in [0.05, 0.1) is 0 Å². The maximum absolute atomic E-state index is 12.0. The van der Waals surface area contributed by atoms with Gasteiger partial charge in [-0.1, -0.05) is 13.8 Å². The van der Waals surface area contributed by atoms with Crippen LogP contribution in [0.15, 0.2) is 0 Å². The van der Waals surface area contributed by atoms with Gasteiger partial charge in [-0.25, -0.2) is 0 Å². The SMILES string of the molecule is CC1(C)C[C@H](CC[N+](=O)[O-])C[C@H](CC(=O)OC(C)(C)C)C1. The molecule has 0 aromatic heterocycles. The highest BCUT2D eigenvalue weighted by Gasteiger charge is 2.35. The van der Waals surface area contributed by atoms with Crippen LogP contribution in [0.5, 0.6) is 0 Å². The van der Waals surface area contributed by atoms with E-state index < -0.39 is 5.60 Å². The Labute approximate surface area is 127 Å². The standard InChI is InChI=1S/C16H29NO4/c1-15(2,3)21-14(18)9-13-8-12(6-7-17(19)20)10-16(4,5)11-13/h12-13H,6-11H2,1-5H3/t12-,13-/m1/s1. The maximum Gasteiger partial charge on any atom is 0.306 e. The Balaban J connectivity index is 2.57. The summed E-state index contributed by atoms with van der Waals surface area (Å²) in [6.07, 6.45) is 3.93.